The van der Waals surface area contributed by atoms with Crippen molar-refractivity contribution in [3.63, 3.8) is 0 Å². The molecule has 0 atom stereocenters. The first-order chi connectivity index (χ1) is 12.1. The van der Waals surface area contributed by atoms with Gasteiger partial charge >= 0.3 is 0 Å². The number of amides is 1. The van der Waals surface area contributed by atoms with E-state index in [2.05, 4.69) is 20.6 Å². The van der Waals surface area contributed by atoms with E-state index in [-0.39, 0.29) is 5.91 Å². The average molecular weight is 332 g/mol. The lowest BCUT2D eigenvalue weighted by Gasteiger charge is -2.13. The number of carbonyl (C=O) groups excluding carboxylic acids is 1. The van der Waals surface area contributed by atoms with Gasteiger partial charge < -0.3 is 10.6 Å². The Bertz CT molecular complexity index is 858. The first-order valence-corrected chi connectivity index (χ1v) is 8.09. The molecule has 3 aromatic rings. The first-order valence-electron chi connectivity index (χ1n) is 8.09. The Morgan fingerprint density at radius 3 is 2.52 bits per heavy atom. The van der Waals surface area contributed by atoms with Crippen molar-refractivity contribution in [2.24, 2.45) is 0 Å². The van der Waals surface area contributed by atoms with E-state index < -0.39 is 0 Å². The van der Waals surface area contributed by atoms with Crippen LogP contribution in [0.1, 0.15) is 27.0 Å². The van der Waals surface area contributed by atoms with E-state index in [1.165, 1.54) is 0 Å². The normalized spacial score (nSPS) is 10.3. The Kier molecular flexibility index (Phi) is 5.04. The van der Waals surface area contributed by atoms with Crippen molar-refractivity contribution >= 4 is 17.3 Å². The third kappa shape index (κ3) is 4.20. The van der Waals surface area contributed by atoms with Gasteiger partial charge in [-0.05, 0) is 42.7 Å². The maximum atomic E-state index is 12.4. The van der Waals surface area contributed by atoms with Gasteiger partial charge in [0.2, 0.25) is 0 Å². The van der Waals surface area contributed by atoms with Crippen molar-refractivity contribution in [1.29, 1.82) is 0 Å². The van der Waals surface area contributed by atoms with Crippen molar-refractivity contribution < 1.29 is 4.79 Å². The third-order valence-corrected chi connectivity index (χ3v) is 3.93. The summed E-state index contributed by atoms with van der Waals surface area (Å²) in [6, 6.07) is 11.7. The highest BCUT2D eigenvalue weighted by Gasteiger charge is 2.08. The van der Waals surface area contributed by atoms with Gasteiger partial charge in [-0.15, -0.1) is 0 Å². The van der Waals surface area contributed by atoms with Crippen molar-refractivity contribution in [3.8, 4) is 0 Å². The largest absolute Gasteiger partial charge is 0.354 e. The zero-order valence-corrected chi connectivity index (χ0v) is 14.3. The first kappa shape index (κ1) is 16.6. The average Bonchev–Trinajstić information content (AvgIpc) is 2.64. The summed E-state index contributed by atoms with van der Waals surface area (Å²) in [7, 11) is 0. The van der Waals surface area contributed by atoms with Gasteiger partial charge in [0, 0.05) is 30.8 Å². The molecule has 2 N–H and O–H groups in total. The maximum Gasteiger partial charge on any atom is 0.253 e. The quantitative estimate of drug-likeness (QED) is 0.746. The molecule has 0 fully saturated rings. The summed E-state index contributed by atoms with van der Waals surface area (Å²) in [5, 5.41) is 6.24. The number of hydrogen-bond donors (Lipinski definition) is 2. The van der Waals surface area contributed by atoms with Crippen LogP contribution in [0.15, 0.2) is 61.2 Å². The minimum Gasteiger partial charge on any atom is -0.354 e. The number of benzene rings is 1. The second kappa shape index (κ2) is 7.57. The molecule has 0 radical (unpaired) electrons. The molecule has 0 unspecified atom stereocenters. The minimum absolute atomic E-state index is 0.165. The van der Waals surface area contributed by atoms with E-state index in [0.717, 1.165) is 28.1 Å². The van der Waals surface area contributed by atoms with Crippen LogP contribution in [0.3, 0.4) is 0 Å². The molecule has 1 amide bonds. The molecule has 0 aliphatic heterocycles. The van der Waals surface area contributed by atoms with Gasteiger partial charge in [0.05, 0.1) is 17.4 Å². The van der Waals surface area contributed by atoms with E-state index in [4.69, 9.17) is 0 Å². The number of rotatable bonds is 5. The highest BCUT2D eigenvalue weighted by Crippen LogP contribution is 2.24. The number of para-hydroxylation sites is 1. The molecule has 2 aromatic heterocycles. The van der Waals surface area contributed by atoms with Crippen LogP contribution in [0.4, 0.5) is 11.4 Å². The standard InChI is InChI=1S/C20H20N4O/c1-14-5-3-6-15(2)19(14)24-18-9-17(12-22-13-18)20(25)23-11-16-7-4-8-21-10-16/h3-10,12-13,24H,11H2,1-2H3,(H,23,25). The smallest absolute Gasteiger partial charge is 0.253 e. The summed E-state index contributed by atoms with van der Waals surface area (Å²) in [5.74, 6) is -0.165. The molecule has 5 heteroatoms. The van der Waals surface area contributed by atoms with Gasteiger partial charge in [-0.3, -0.25) is 14.8 Å². The predicted octanol–water partition coefficient (Wildman–Crippen LogP) is 3.77. The zero-order valence-electron chi connectivity index (χ0n) is 14.3. The Balaban J connectivity index is 1.72. The molecule has 25 heavy (non-hydrogen) atoms. The number of aryl methyl sites for hydroxylation is 2. The van der Waals surface area contributed by atoms with Crippen molar-refractivity contribution in [3.05, 3.63) is 83.4 Å². The molecule has 0 saturated carbocycles. The summed E-state index contributed by atoms with van der Waals surface area (Å²) >= 11 is 0. The molecule has 0 spiro atoms. The van der Waals surface area contributed by atoms with Gasteiger partial charge in [-0.2, -0.15) is 0 Å². The van der Waals surface area contributed by atoms with Crippen LogP contribution in [0.2, 0.25) is 0 Å². The molecule has 3 rings (SSSR count). The third-order valence-electron chi connectivity index (χ3n) is 3.93. The lowest BCUT2D eigenvalue weighted by atomic mass is 10.1. The summed E-state index contributed by atoms with van der Waals surface area (Å²) < 4.78 is 0. The highest BCUT2D eigenvalue weighted by molar-refractivity contribution is 5.94. The fourth-order valence-electron chi connectivity index (χ4n) is 2.58. The van der Waals surface area contributed by atoms with E-state index in [9.17, 15) is 4.79 Å². The Labute approximate surface area is 147 Å². The second-order valence-electron chi connectivity index (χ2n) is 5.90. The number of pyridine rings is 2. The maximum absolute atomic E-state index is 12.4. The SMILES string of the molecule is Cc1cccc(C)c1Nc1cncc(C(=O)NCc2cccnc2)c1. The van der Waals surface area contributed by atoms with Crippen molar-refractivity contribution in [2.45, 2.75) is 20.4 Å². The van der Waals surface area contributed by atoms with Gasteiger partial charge in [0.15, 0.2) is 0 Å². The Morgan fingerprint density at radius 1 is 1.00 bits per heavy atom. The van der Waals surface area contributed by atoms with Crippen LogP contribution >= 0.6 is 0 Å². The number of anilines is 2. The number of nitrogens with zero attached hydrogens (tertiary/aromatic N) is 2. The van der Waals surface area contributed by atoms with Gasteiger partial charge in [-0.25, -0.2) is 0 Å². The number of aromatic nitrogens is 2. The van der Waals surface area contributed by atoms with Crippen LogP contribution in [0.25, 0.3) is 0 Å². The Morgan fingerprint density at radius 2 is 1.80 bits per heavy atom. The molecular weight excluding hydrogens is 312 g/mol. The summed E-state index contributed by atoms with van der Waals surface area (Å²) in [5.41, 5.74) is 5.58. The fraction of sp³-hybridized carbons (Fsp3) is 0.150. The molecule has 1 aromatic carbocycles. The lowest BCUT2D eigenvalue weighted by Crippen LogP contribution is -2.23. The van der Waals surface area contributed by atoms with Crippen molar-refractivity contribution in [2.75, 3.05) is 5.32 Å². The monoisotopic (exact) mass is 332 g/mol. The van der Waals surface area contributed by atoms with Crippen LogP contribution in [0, 0.1) is 13.8 Å². The topological polar surface area (TPSA) is 66.9 Å². The lowest BCUT2D eigenvalue weighted by molar-refractivity contribution is 0.0950. The Hall–Kier alpha value is -3.21. The molecule has 0 bridgehead atoms. The van der Waals surface area contributed by atoms with Crippen LogP contribution in [0.5, 0.6) is 0 Å². The van der Waals surface area contributed by atoms with Crippen LogP contribution in [-0.4, -0.2) is 15.9 Å². The number of hydrogen-bond acceptors (Lipinski definition) is 4. The second-order valence-corrected chi connectivity index (χ2v) is 5.90. The zero-order chi connectivity index (χ0) is 17.6. The van der Waals surface area contributed by atoms with E-state index in [0.29, 0.717) is 12.1 Å². The summed E-state index contributed by atoms with van der Waals surface area (Å²) in [6.45, 7) is 4.53. The molecule has 0 aliphatic rings. The molecular formula is C20H20N4O. The van der Waals surface area contributed by atoms with Crippen LogP contribution in [-0.2, 0) is 6.54 Å². The predicted molar refractivity (Wildman–Crippen MR) is 98.8 cm³/mol. The van der Waals surface area contributed by atoms with Crippen molar-refractivity contribution in [1.82, 2.24) is 15.3 Å². The van der Waals surface area contributed by atoms with Gasteiger partial charge in [0.25, 0.3) is 5.91 Å². The molecule has 2 heterocycles. The number of nitrogens with one attached hydrogen (secondary N) is 2. The molecule has 126 valence electrons. The fourth-order valence-corrected chi connectivity index (χ4v) is 2.58. The highest BCUT2D eigenvalue weighted by atomic mass is 16.1. The molecule has 5 nitrogen and oxygen atoms in total. The van der Waals surface area contributed by atoms with E-state index in [1.807, 2.05) is 44.2 Å². The van der Waals surface area contributed by atoms with E-state index in [1.54, 1.807) is 30.9 Å². The summed E-state index contributed by atoms with van der Waals surface area (Å²) in [4.78, 5) is 20.6. The van der Waals surface area contributed by atoms with Gasteiger partial charge in [-0.1, -0.05) is 24.3 Å². The molecule has 0 aliphatic carbocycles. The van der Waals surface area contributed by atoms with Gasteiger partial charge in [0.1, 0.15) is 0 Å². The van der Waals surface area contributed by atoms with Crippen LogP contribution < -0.4 is 10.6 Å². The molecule has 0 saturated heterocycles. The van der Waals surface area contributed by atoms with E-state index >= 15 is 0 Å². The summed E-state index contributed by atoms with van der Waals surface area (Å²) in [6.07, 6.45) is 6.72. The number of carbonyl (C=O) groups is 1. The minimum atomic E-state index is -0.165.